The van der Waals surface area contributed by atoms with Gasteiger partial charge in [0, 0.05) is 5.56 Å². The fraction of sp³-hybridized carbons (Fsp3) is 0.500. The minimum Gasteiger partial charge on any atom is -0.478 e. The van der Waals surface area contributed by atoms with Gasteiger partial charge in [-0.2, -0.15) is 0 Å². The maximum Gasteiger partial charge on any atom is 0.338 e. The van der Waals surface area contributed by atoms with Gasteiger partial charge in [-0.3, -0.25) is 0 Å². The summed E-state index contributed by atoms with van der Waals surface area (Å²) >= 11 is 0. The topological polar surface area (TPSA) is 37.3 Å². The van der Waals surface area contributed by atoms with E-state index in [1.54, 1.807) is 0 Å². The Morgan fingerprint density at radius 3 is 2.12 bits per heavy atom. The Balaban J connectivity index is 1.83. The first-order chi connectivity index (χ1) is 15.3. The molecule has 1 aliphatic carbocycles. The van der Waals surface area contributed by atoms with Crippen molar-refractivity contribution >= 4 is 5.97 Å². The Hall–Kier alpha value is -2.37. The molecule has 6 heteroatoms. The highest BCUT2D eigenvalue weighted by Crippen LogP contribution is 2.43. The first-order valence-corrected chi connectivity index (χ1v) is 11.5. The van der Waals surface area contributed by atoms with Gasteiger partial charge in [0.25, 0.3) is 0 Å². The molecule has 174 valence electrons. The zero-order valence-electron chi connectivity index (χ0n) is 18.4. The van der Waals surface area contributed by atoms with Gasteiger partial charge >= 0.3 is 5.97 Å². The maximum absolute atomic E-state index is 15.2. The second-order valence-electron chi connectivity index (χ2n) is 8.87. The van der Waals surface area contributed by atoms with Crippen LogP contribution in [0.1, 0.15) is 93.0 Å². The van der Waals surface area contributed by atoms with Crippen molar-refractivity contribution in [3.8, 4) is 11.1 Å². The zero-order chi connectivity index (χ0) is 23.3. The maximum atomic E-state index is 15.2. The van der Waals surface area contributed by atoms with E-state index < -0.39 is 34.8 Å². The number of benzene rings is 2. The van der Waals surface area contributed by atoms with E-state index in [1.165, 1.54) is 50.7 Å². The van der Waals surface area contributed by atoms with Gasteiger partial charge in [-0.1, -0.05) is 51.5 Å². The fourth-order valence-corrected chi connectivity index (χ4v) is 4.89. The molecule has 0 heterocycles. The molecule has 1 N–H and O–H groups in total. The predicted octanol–water partition coefficient (Wildman–Crippen LogP) is 8.24. The Kier molecular flexibility index (Phi) is 8.32. The molecule has 1 saturated carbocycles. The van der Waals surface area contributed by atoms with Crippen molar-refractivity contribution in [2.24, 2.45) is 5.92 Å². The van der Waals surface area contributed by atoms with Crippen LogP contribution in [0, 0.1) is 29.2 Å². The molecular weight excluding hydrogens is 420 g/mol. The van der Waals surface area contributed by atoms with Gasteiger partial charge in [0.1, 0.15) is 5.82 Å². The highest BCUT2D eigenvalue weighted by molar-refractivity contribution is 5.90. The van der Waals surface area contributed by atoms with Crippen LogP contribution < -0.4 is 0 Å². The Bertz CT molecular complexity index is 926. The molecule has 3 rings (SSSR count). The largest absolute Gasteiger partial charge is 0.478 e. The van der Waals surface area contributed by atoms with Crippen LogP contribution in [0.2, 0.25) is 0 Å². The van der Waals surface area contributed by atoms with E-state index >= 15 is 4.39 Å². The molecule has 2 aromatic carbocycles. The normalized spacial score (nSPS) is 18.7. The number of aromatic carboxylic acids is 1. The number of hydrogen-bond donors (Lipinski definition) is 1. The van der Waals surface area contributed by atoms with Gasteiger partial charge in [0.05, 0.1) is 5.56 Å². The van der Waals surface area contributed by atoms with E-state index in [9.17, 15) is 23.1 Å². The minimum absolute atomic E-state index is 0.0464. The quantitative estimate of drug-likeness (QED) is 0.237. The summed E-state index contributed by atoms with van der Waals surface area (Å²) in [4.78, 5) is 11.4. The monoisotopic (exact) mass is 450 g/mol. The average molecular weight is 451 g/mol. The third-order valence-corrected chi connectivity index (χ3v) is 6.68. The summed E-state index contributed by atoms with van der Waals surface area (Å²) in [5.74, 6) is -6.45. The molecule has 32 heavy (non-hydrogen) atoms. The molecule has 2 aromatic rings. The predicted molar refractivity (Wildman–Crippen MR) is 117 cm³/mol. The number of rotatable bonds is 9. The lowest BCUT2D eigenvalue weighted by Gasteiger charge is -2.30. The van der Waals surface area contributed by atoms with Gasteiger partial charge in [0.15, 0.2) is 17.5 Å². The van der Waals surface area contributed by atoms with Crippen LogP contribution in [0.5, 0.6) is 0 Å². The van der Waals surface area contributed by atoms with Crippen molar-refractivity contribution in [3.05, 3.63) is 58.7 Å². The lowest BCUT2D eigenvalue weighted by Crippen LogP contribution is -2.15. The van der Waals surface area contributed by atoms with Crippen molar-refractivity contribution in [1.29, 1.82) is 0 Å². The van der Waals surface area contributed by atoms with Gasteiger partial charge in [-0.05, 0) is 66.8 Å². The minimum atomic E-state index is -1.63. The Morgan fingerprint density at radius 2 is 1.53 bits per heavy atom. The standard InChI is InChI=1S/C26H30F4O2/c1-2-3-4-5-6-7-16-8-10-17(11-9-16)19-12-13-20(26(31)32)24(29)23(19)18-14-21(27)25(30)22(28)15-18/h12-17H,2-11H2,1H3,(H,31,32). The summed E-state index contributed by atoms with van der Waals surface area (Å²) in [7, 11) is 0. The lowest BCUT2D eigenvalue weighted by atomic mass is 9.75. The van der Waals surface area contributed by atoms with E-state index in [-0.39, 0.29) is 17.0 Å². The number of carboxylic acid groups (broad SMARTS) is 1. The zero-order valence-corrected chi connectivity index (χ0v) is 18.4. The molecule has 0 aromatic heterocycles. The second kappa shape index (κ2) is 11.0. The summed E-state index contributed by atoms with van der Waals surface area (Å²) in [6, 6.07) is 4.20. The summed E-state index contributed by atoms with van der Waals surface area (Å²) in [5, 5.41) is 9.31. The van der Waals surface area contributed by atoms with Gasteiger partial charge in [-0.15, -0.1) is 0 Å². The summed E-state index contributed by atoms with van der Waals surface area (Å²) in [5.41, 5.74) is -0.380. The highest BCUT2D eigenvalue weighted by Gasteiger charge is 2.28. The van der Waals surface area contributed by atoms with Crippen LogP contribution in [0.4, 0.5) is 17.6 Å². The lowest BCUT2D eigenvalue weighted by molar-refractivity contribution is 0.0692. The summed E-state index contributed by atoms with van der Waals surface area (Å²) in [6.45, 7) is 2.19. The van der Waals surface area contributed by atoms with E-state index in [0.29, 0.717) is 11.5 Å². The molecule has 0 radical (unpaired) electrons. The number of unbranched alkanes of at least 4 members (excludes halogenated alkanes) is 4. The van der Waals surface area contributed by atoms with Crippen LogP contribution in [0.25, 0.3) is 11.1 Å². The van der Waals surface area contributed by atoms with Crippen molar-refractivity contribution in [2.75, 3.05) is 0 Å². The third-order valence-electron chi connectivity index (χ3n) is 6.68. The van der Waals surface area contributed by atoms with Crippen LogP contribution in [-0.2, 0) is 0 Å². The van der Waals surface area contributed by atoms with Gasteiger partial charge < -0.3 is 5.11 Å². The molecule has 0 unspecified atom stereocenters. The molecule has 0 bridgehead atoms. The van der Waals surface area contributed by atoms with Gasteiger partial charge in [0.2, 0.25) is 0 Å². The van der Waals surface area contributed by atoms with Crippen LogP contribution in [-0.4, -0.2) is 11.1 Å². The van der Waals surface area contributed by atoms with Crippen molar-refractivity contribution in [3.63, 3.8) is 0 Å². The van der Waals surface area contributed by atoms with Crippen LogP contribution in [0.3, 0.4) is 0 Å². The smallest absolute Gasteiger partial charge is 0.338 e. The average Bonchev–Trinajstić information content (AvgIpc) is 2.77. The van der Waals surface area contributed by atoms with Crippen molar-refractivity contribution in [1.82, 2.24) is 0 Å². The van der Waals surface area contributed by atoms with Crippen molar-refractivity contribution < 1.29 is 27.5 Å². The molecule has 2 nitrogen and oxygen atoms in total. The fourth-order valence-electron chi connectivity index (χ4n) is 4.89. The van der Waals surface area contributed by atoms with Crippen molar-refractivity contribution in [2.45, 2.75) is 77.0 Å². The molecule has 1 aliphatic rings. The molecule has 0 saturated heterocycles. The molecular formula is C26H30F4O2. The number of halogens is 4. The summed E-state index contributed by atoms with van der Waals surface area (Å²) in [6.07, 6.45) is 10.9. The van der Waals surface area contributed by atoms with E-state index in [0.717, 1.165) is 37.8 Å². The molecule has 0 spiro atoms. The van der Waals surface area contributed by atoms with Gasteiger partial charge in [-0.25, -0.2) is 22.4 Å². The first-order valence-electron chi connectivity index (χ1n) is 11.5. The number of carboxylic acids is 1. The van der Waals surface area contributed by atoms with E-state index in [2.05, 4.69) is 6.92 Å². The van der Waals surface area contributed by atoms with E-state index in [1.807, 2.05) is 0 Å². The van der Waals surface area contributed by atoms with E-state index in [4.69, 9.17) is 0 Å². The Morgan fingerprint density at radius 1 is 0.906 bits per heavy atom. The number of carbonyl (C=O) groups is 1. The molecule has 0 atom stereocenters. The van der Waals surface area contributed by atoms with Crippen LogP contribution in [0.15, 0.2) is 24.3 Å². The molecule has 1 fully saturated rings. The second-order valence-corrected chi connectivity index (χ2v) is 8.87. The first kappa shape index (κ1) is 24.3. The molecule has 0 amide bonds. The Labute approximate surface area is 186 Å². The highest BCUT2D eigenvalue weighted by atomic mass is 19.2. The molecule has 0 aliphatic heterocycles. The number of hydrogen-bond acceptors (Lipinski definition) is 1. The summed E-state index contributed by atoms with van der Waals surface area (Å²) < 4.78 is 56.4. The third kappa shape index (κ3) is 5.51. The SMILES string of the molecule is CCCCCCCC1CCC(c2ccc(C(=O)O)c(F)c2-c2cc(F)c(F)c(F)c2)CC1. The van der Waals surface area contributed by atoms with Crippen LogP contribution >= 0.6 is 0 Å².